The van der Waals surface area contributed by atoms with Crippen molar-refractivity contribution < 1.29 is 14.7 Å². The summed E-state index contributed by atoms with van der Waals surface area (Å²) in [6.07, 6.45) is 1.93. The van der Waals surface area contributed by atoms with E-state index in [9.17, 15) is 14.7 Å². The molecule has 0 heterocycles. The fraction of sp³-hybridized carbons (Fsp3) is 0.385. The van der Waals surface area contributed by atoms with Crippen molar-refractivity contribution in [2.45, 2.75) is 12.8 Å². The topological polar surface area (TPSA) is 78.4 Å². The molecule has 6 heteroatoms. The van der Waals surface area contributed by atoms with Crippen molar-refractivity contribution in [2.24, 2.45) is 5.92 Å². The molecule has 1 aliphatic carbocycles. The molecule has 1 fully saturated rings. The van der Waals surface area contributed by atoms with Gasteiger partial charge in [-0.25, -0.2) is 0 Å². The highest BCUT2D eigenvalue weighted by Gasteiger charge is 2.28. The number of carbonyl (C=O) groups is 2. The molecule has 1 saturated carbocycles. The number of benzene rings is 1. The van der Waals surface area contributed by atoms with Gasteiger partial charge in [0.05, 0.1) is 5.56 Å². The highest BCUT2D eigenvalue weighted by atomic mass is 79.9. The highest BCUT2D eigenvalue weighted by Crippen LogP contribution is 2.28. The van der Waals surface area contributed by atoms with Crippen LogP contribution in [0.15, 0.2) is 22.7 Å². The molecule has 1 aliphatic rings. The molecule has 5 nitrogen and oxygen atoms in total. The van der Waals surface area contributed by atoms with Crippen molar-refractivity contribution in [1.82, 2.24) is 10.6 Å². The van der Waals surface area contributed by atoms with E-state index in [0.29, 0.717) is 17.6 Å². The van der Waals surface area contributed by atoms with Gasteiger partial charge < -0.3 is 15.7 Å². The summed E-state index contributed by atoms with van der Waals surface area (Å²) >= 11 is 3.21. The molecule has 0 aromatic heterocycles. The number of phenolic OH excluding ortho intramolecular Hbond substituents is 1. The van der Waals surface area contributed by atoms with Crippen LogP contribution in [0.2, 0.25) is 0 Å². The van der Waals surface area contributed by atoms with E-state index >= 15 is 0 Å². The number of rotatable bonds is 5. The zero-order chi connectivity index (χ0) is 13.8. The van der Waals surface area contributed by atoms with E-state index in [-0.39, 0.29) is 29.0 Å². The summed E-state index contributed by atoms with van der Waals surface area (Å²) in [6.45, 7) is 0.741. The highest BCUT2D eigenvalue weighted by molar-refractivity contribution is 9.10. The molecule has 0 atom stereocenters. The van der Waals surface area contributed by atoms with E-state index in [1.165, 1.54) is 12.1 Å². The quantitative estimate of drug-likeness (QED) is 0.716. The Bertz CT molecular complexity index is 501. The van der Waals surface area contributed by atoms with Gasteiger partial charge in [-0.1, -0.05) is 15.9 Å². The van der Waals surface area contributed by atoms with Crippen LogP contribution in [0.25, 0.3) is 0 Å². The average Bonchev–Trinajstić information content (AvgIpc) is 3.18. The summed E-state index contributed by atoms with van der Waals surface area (Å²) < 4.78 is 0.707. The van der Waals surface area contributed by atoms with Gasteiger partial charge in [0.15, 0.2) is 0 Å². The lowest BCUT2D eigenvalue weighted by molar-refractivity contribution is -0.122. The molecule has 0 aliphatic heterocycles. The Morgan fingerprint density at radius 3 is 2.58 bits per heavy atom. The second-order valence-corrected chi connectivity index (χ2v) is 5.40. The SMILES string of the molecule is O=C(NCCNC(=O)C1CC1)c1ccc(Br)cc1O. The summed E-state index contributed by atoms with van der Waals surface area (Å²) in [7, 11) is 0. The van der Waals surface area contributed by atoms with Gasteiger partial charge in [-0.05, 0) is 31.0 Å². The van der Waals surface area contributed by atoms with Crippen LogP contribution in [-0.2, 0) is 4.79 Å². The van der Waals surface area contributed by atoms with Gasteiger partial charge in [0.2, 0.25) is 5.91 Å². The molecule has 0 saturated heterocycles. The van der Waals surface area contributed by atoms with Crippen molar-refractivity contribution in [3.63, 3.8) is 0 Å². The van der Waals surface area contributed by atoms with Crippen molar-refractivity contribution in [3.8, 4) is 5.75 Å². The van der Waals surface area contributed by atoms with Crippen LogP contribution >= 0.6 is 15.9 Å². The molecule has 0 radical (unpaired) electrons. The second-order valence-electron chi connectivity index (χ2n) is 4.48. The minimum atomic E-state index is -0.356. The number of nitrogens with one attached hydrogen (secondary N) is 2. The monoisotopic (exact) mass is 326 g/mol. The van der Waals surface area contributed by atoms with Crippen molar-refractivity contribution in [3.05, 3.63) is 28.2 Å². The van der Waals surface area contributed by atoms with Gasteiger partial charge in [0.25, 0.3) is 5.91 Å². The summed E-state index contributed by atoms with van der Waals surface area (Å²) in [5, 5.41) is 15.0. The number of halogens is 1. The summed E-state index contributed by atoms with van der Waals surface area (Å²) in [5.41, 5.74) is 0.219. The number of hydrogen-bond donors (Lipinski definition) is 3. The third kappa shape index (κ3) is 3.96. The van der Waals surface area contributed by atoms with E-state index in [0.717, 1.165) is 12.8 Å². The predicted octanol–water partition coefficient (Wildman–Crippen LogP) is 1.41. The fourth-order valence-electron chi connectivity index (χ4n) is 1.64. The van der Waals surface area contributed by atoms with Crippen molar-refractivity contribution in [2.75, 3.05) is 13.1 Å². The van der Waals surface area contributed by atoms with Crippen molar-refractivity contribution >= 4 is 27.7 Å². The Morgan fingerprint density at radius 2 is 1.95 bits per heavy atom. The van der Waals surface area contributed by atoms with Gasteiger partial charge in [-0.2, -0.15) is 0 Å². The predicted molar refractivity (Wildman–Crippen MR) is 73.9 cm³/mol. The summed E-state index contributed by atoms with van der Waals surface area (Å²) in [6, 6.07) is 4.69. The third-order valence-electron chi connectivity index (χ3n) is 2.86. The Morgan fingerprint density at radius 1 is 1.26 bits per heavy atom. The van der Waals surface area contributed by atoms with E-state index in [1.54, 1.807) is 6.07 Å². The first-order chi connectivity index (χ1) is 9.08. The van der Waals surface area contributed by atoms with Crippen LogP contribution in [0.4, 0.5) is 0 Å². The first-order valence-electron chi connectivity index (χ1n) is 6.12. The average molecular weight is 327 g/mol. The van der Waals surface area contributed by atoms with E-state index in [2.05, 4.69) is 26.6 Å². The first kappa shape index (κ1) is 13.9. The molecule has 0 bridgehead atoms. The van der Waals surface area contributed by atoms with Crippen LogP contribution in [0.3, 0.4) is 0 Å². The summed E-state index contributed by atoms with van der Waals surface area (Å²) in [4.78, 5) is 23.1. The van der Waals surface area contributed by atoms with Crippen LogP contribution in [-0.4, -0.2) is 30.0 Å². The largest absolute Gasteiger partial charge is 0.507 e. The van der Waals surface area contributed by atoms with Crippen molar-refractivity contribution in [1.29, 1.82) is 0 Å². The van der Waals surface area contributed by atoms with E-state index in [4.69, 9.17) is 0 Å². The van der Waals surface area contributed by atoms with E-state index in [1.807, 2.05) is 0 Å². The molecule has 0 unspecified atom stereocenters. The normalized spacial score (nSPS) is 13.9. The number of aromatic hydroxyl groups is 1. The van der Waals surface area contributed by atoms with Gasteiger partial charge in [-0.3, -0.25) is 9.59 Å². The maximum absolute atomic E-state index is 11.8. The molecule has 2 amide bonds. The van der Waals surface area contributed by atoms with Gasteiger partial charge in [0, 0.05) is 23.5 Å². The standard InChI is InChI=1S/C13H15BrN2O3/c14-9-3-4-10(11(17)7-9)13(19)16-6-5-15-12(18)8-1-2-8/h3-4,7-8,17H,1-2,5-6H2,(H,15,18)(H,16,19). The molecule has 1 aromatic carbocycles. The first-order valence-corrected chi connectivity index (χ1v) is 6.91. The van der Waals surface area contributed by atoms with Gasteiger partial charge in [-0.15, -0.1) is 0 Å². The minimum absolute atomic E-state index is 0.0562. The lowest BCUT2D eigenvalue weighted by Gasteiger charge is -2.08. The maximum Gasteiger partial charge on any atom is 0.255 e. The molecular formula is C13H15BrN2O3. The smallest absolute Gasteiger partial charge is 0.255 e. The lowest BCUT2D eigenvalue weighted by atomic mass is 10.2. The molecule has 0 spiro atoms. The zero-order valence-electron chi connectivity index (χ0n) is 10.3. The van der Waals surface area contributed by atoms with Gasteiger partial charge in [0.1, 0.15) is 5.75 Å². The van der Waals surface area contributed by atoms with Crippen LogP contribution in [0.1, 0.15) is 23.2 Å². The second kappa shape index (κ2) is 6.06. The molecule has 19 heavy (non-hydrogen) atoms. The van der Waals surface area contributed by atoms with Gasteiger partial charge >= 0.3 is 0 Å². The Kier molecular flexibility index (Phi) is 4.42. The molecular weight excluding hydrogens is 312 g/mol. The Balaban J connectivity index is 1.75. The van der Waals surface area contributed by atoms with Crippen LogP contribution < -0.4 is 10.6 Å². The molecule has 2 rings (SSSR count). The molecule has 102 valence electrons. The fourth-order valence-corrected chi connectivity index (χ4v) is 1.99. The van der Waals surface area contributed by atoms with E-state index < -0.39 is 0 Å². The van der Waals surface area contributed by atoms with Crippen LogP contribution in [0.5, 0.6) is 5.75 Å². The lowest BCUT2D eigenvalue weighted by Crippen LogP contribution is -2.35. The molecule has 3 N–H and O–H groups in total. The minimum Gasteiger partial charge on any atom is -0.507 e. The molecule has 1 aromatic rings. The Labute approximate surface area is 119 Å². The maximum atomic E-state index is 11.8. The number of amides is 2. The Hall–Kier alpha value is -1.56. The summed E-state index contributed by atoms with van der Waals surface area (Å²) in [5.74, 6) is -0.202. The zero-order valence-corrected chi connectivity index (χ0v) is 11.9. The number of hydrogen-bond acceptors (Lipinski definition) is 3. The number of phenols is 1. The van der Waals surface area contributed by atoms with Crippen LogP contribution in [0, 0.1) is 5.92 Å². The number of carbonyl (C=O) groups excluding carboxylic acids is 2. The third-order valence-corrected chi connectivity index (χ3v) is 3.36.